The van der Waals surface area contributed by atoms with Crippen LogP contribution in [0.4, 0.5) is 0 Å². The van der Waals surface area contributed by atoms with Crippen LogP contribution in [0.25, 0.3) is 10.9 Å². The van der Waals surface area contributed by atoms with Crippen LogP contribution in [0.15, 0.2) is 24.3 Å². The second-order valence-corrected chi connectivity index (χ2v) is 4.25. The van der Waals surface area contributed by atoms with Gasteiger partial charge in [-0.05, 0) is 24.6 Å². The number of nitrogens with zero attached hydrogens (tertiary/aromatic N) is 1. The van der Waals surface area contributed by atoms with E-state index in [-0.39, 0.29) is 1.43 Å². The van der Waals surface area contributed by atoms with Crippen LogP contribution in [0.1, 0.15) is 19.6 Å². The summed E-state index contributed by atoms with van der Waals surface area (Å²) in [5.41, 5.74) is 4.25. The molecule has 80 valence electrons. The number of para-hydroxylation sites is 1. The molecular weight excluding hydrogens is 184 g/mol. The van der Waals surface area contributed by atoms with E-state index in [9.17, 15) is 0 Å². The number of nitrogens with one attached hydrogen (secondary N) is 1. The van der Waals surface area contributed by atoms with Crippen LogP contribution in [-0.4, -0.2) is 23.0 Å². The van der Waals surface area contributed by atoms with Gasteiger partial charge in [0, 0.05) is 31.1 Å². The maximum atomic E-state index is 3.54. The Morgan fingerprint density at radius 3 is 3.13 bits per heavy atom. The Morgan fingerprint density at radius 2 is 2.27 bits per heavy atom. The molecule has 0 bridgehead atoms. The SMILES string of the molecule is CCN1CCc2c([nH]c3ccccc23)C1.[HH]. The molecule has 0 saturated carbocycles. The van der Waals surface area contributed by atoms with Crippen LogP contribution in [0.5, 0.6) is 0 Å². The molecule has 1 aliphatic heterocycles. The number of fused-ring (bicyclic) bond motifs is 3. The fourth-order valence-corrected chi connectivity index (χ4v) is 2.52. The highest BCUT2D eigenvalue weighted by atomic mass is 15.1. The highest BCUT2D eigenvalue weighted by molar-refractivity contribution is 5.84. The first-order chi connectivity index (χ1) is 7.38. The Balaban J connectivity index is 0.000000963. The van der Waals surface area contributed by atoms with Crippen LogP contribution in [-0.2, 0) is 13.0 Å². The first-order valence-electron chi connectivity index (χ1n) is 5.69. The van der Waals surface area contributed by atoms with E-state index in [1.807, 2.05) is 0 Å². The fourth-order valence-electron chi connectivity index (χ4n) is 2.52. The largest absolute Gasteiger partial charge is 0.357 e. The predicted molar refractivity (Wildman–Crippen MR) is 65.1 cm³/mol. The van der Waals surface area contributed by atoms with Crippen molar-refractivity contribution >= 4 is 10.9 Å². The molecule has 0 unspecified atom stereocenters. The predicted octanol–water partition coefficient (Wildman–Crippen LogP) is 2.79. The smallest absolute Gasteiger partial charge is 0.0459 e. The van der Waals surface area contributed by atoms with Crippen molar-refractivity contribution < 1.29 is 1.43 Å². The number of benzene rings is 1. The van der Waals surface area contributed by atoms with Gasteiger partial charge in [-0.3, -0.25) is 4.90 Å². The average molecular weight is 202 g/mol. The molecule has 0 atom stereocenters. The van der Waals surface area contributed by atoms with E-state index >= 15 is 0 Å². The van der Waals surface area contributed by atoms with Gasteiger partial charge in [-0.15, -0.1) is 0 Å². The third-order valence-electron chi connectivity index (χ3n) is 3.41. The Morgan fingerprint density at radius 1 is 1.40 bits per heavy atom. The second-order valence-electron chi connectivity index (χ2n) is 4.25. The van der Waals surface area contributed by atoms with Gasteiger partial charge in [0.1, 0.15) is 0 Å². The first kappa shape index (κ1) is 8.98. The molecule has 0 spiro atoms. The number of aromatic nitrogens is 1. The summed E-state index contributed by atoms with van der Waals surface area (Å²) in [6.45, 7) is 5.66. The molecule has 1 aromatic heterocycles. The zero-order valence-electron chi connectivity index (χ0n) is 9.09. The Labute approximate surface area is 91.4 Å². The van der Waals surface area contributed by atoms with Gasteiger partial charge in [-0.1, -0.05) is 25.1 Å². The minimum Gasteiger partial charge on any atom is -0.357 e. The summed E-state index contributed by atoms with van der Waals surface area (Å²) in [5.74, 6) is 0. The minimum atomic E-state index is 0. The van der Waals surface area contributed by atoms with E-state index in [1.165, 1.54) is 35.1 Å². The number of aromatic amines is 1. The summed E-state index contributed by atoms with van der Waals surface area (Å²) in [6.07, 6.45) is 1.19. The van der Waals surface area contributed by atoms with Crippen LogP contribution in [0.3, 0.4) is 0 Å². The van der Waals surface area contributed by atoms with Crippen LogP contribution in [0, 0.1) is 0 Å². The van der Waals surface area contributed by atoms with Crippen molar-refractivity contribution in [3.05, 3.63) is 35.5 Å². The average Bonchev–Trinajstić information content (AvgIpc) is 2.66. The molecule has 0 aliphatic carbocycles. The Bertz CT molecular complexity index is 490. The van der Waals surface area contributed by atoms with E-state index in [2.05, 4.69) is 41.1 Å². The Kier molecular flexibility index (Phi) is 2.03. The lowest BCUT2D eigenvalue weighted by Gasteiger charge is -2.25. The molecule has 1 aliphatic rings. The van der Waals surface area contributed by atoms with Crippen LogP contribution >= 0.6 is 0 Å². The number of rotatable bonds is 1. The third-order valence-corrected chi connectivity index (χ3v) is 3.41. The summed E-state index contributed by atoms with van der Waals surface area (Å²) in [7, 11) is 0. The van der Waals surface area contributed by atoms with Gasteiger partial charge in [0.05, 0.1) is 0 Å². The molecule has 2 heteroatoms. The summed E-state index contributed by atoms with van der Waals surface area (Å²) >= 11 is 0. The molecule has 1 N–H and O–H groups in total. The van der Waals surface area contributed by atoms with Crippen LogP contribution in [0.2, 0.25) is 0 Å². The van der Waals surface area contributed by atoms with E-state index in [0.29, 0.717) is 0 Å². The van der Waals surface area contributed by atoms with E-state index in [0.717, 1.165) is 13.1 Å². The lowest BCUT2D eigenvalue weighted by Crippen LogP contribution is -2.29. The van der Waals surface area contributed by atoms with Crippen LogP contribution < -0.4 is 0 Å². The zero-order valence-corrected chi connectivity index (χ0v) is 9.09. The Hall–Kier alpha value is -1.28. The maximum absolute atomic E-state index is 3.54. The molecule has 1 aromatic carbocycles. The van der Waals surface area contributed by atoms with E-state index in [4.69, 9.17) is 0 Å². The van der Waals surface area contributed by atoms with Crippen molar-refractivity contribution in [1.29, 1.82) is 0 Å². The van der Waals surface area contributed by atoms with Gasteiger partial charge in [0.2, 0.25) is 0 Å². The van der Waals surface area contributed by atoms with Gasteiger partial charge >= 0.3 is 0 Å². The van der Waals surface area contributed by atoms with E-state index < -0.39 is 0 Å². The molecule has 15 heavy (non-hydrogen) atoms. The molecule has 0 saturated heterocycles. The summed E-state index contributed by atoms with van der Waals surface area (Å²) < 4.78 is 0. The third kappa shape index (κ3) is 1.37. The van der Waals surface area contributed by atoms with Crippen molar-refractivity contribution in [2.45, 2.75) is 19.9 Å². The first-order valence-corrected chi connectivity index (χ1v) is 5.69. The fraction of sp³-hybridized carbons (Fsp3) is 0.385. The molecule has 2 nitrogen and oxygen atoms in total. The molecule has 3 rings (SSSR count). The van der Waals surface area contributed by atoms with Gasteiger partial charge in [0.15, 0.2) is 0 Å². The highest BCUT2D eigenvalue weighted by Gasteiger charge is 2.18. The molecule has 2 heterocycles. The molecule has 0 amide bonds. The van der Waals surface area contributed by atoms with Crippen molar-refractivity contribution in [3.8, 4) is 0 Å². The summed E-state index contributed by atoms with van der Waals surface area (Å²) in [4.78, 5) is 6.02. The second kappa shape index (κ2) is 3.38. The van der Waals surface area contributed by atoms with Crippen molar-refractivity contribution in [1.82, 2.24) is 9.88 Å². The summed E-state index contributed by atoms with van der Waals surface area (Å²) in [6, 6.07) is 8.63. The molecule has 0 fully saturated rings. The highest BCUT2D eigenvalue weighted by Crippen LogP contribution is 2.26. The number of hydrogen-bond acceptors (Lipinski definition) is 1. The lowest BCUT2D eigenvalue weighted by molar-refractivity contribution is 0.266. The van der Waals surface area contributed by atoms with Crippen molar-refractivity contribution in [2.24, 2.45) is 0 Å². The van der Waals surface area contributed by atoms with Gasteiger partial charge in [-0.25, -0.2) is 0 Å². The van der Waals surface area contributed by atoms with Gasteiger partial charge in [-0.2, -0.15) is 0 Å². The minimum absolute atomic E-state index is 0. The zero-order chi connectivity index (χ0) is 10.3. The van der Waals surface area contributed by atoms with Gasteiger partial charge in [0.25, 0.3) is 0 Å². The van der Waals surface area contributed by atoms with Gasteiger partial charge < -0.3 is 4.98 Å². The lowest BCUT2D eigenvalue weighted by atomic mass is 10.0. The quantitative estimate of drug-likeness (QED) is 0.753. The number of H-pyrrole nitrogens is 1. The normalized spacial score (nSPS) is 16.9. The molecular formula is C13H18N2. The van der Waals surface area contributed by atoms with Crippen molar-refractivity contribution in [3.63, 3.8) is 0 Å². The molecule has 2 aromatic rings. The molecule has 0 radical (unpaired) electrons. The maximum Gasteiger partial charge on any atom is 0.0459 e. The standard InChI is InChI=1S/C13H16N2.H2/c1-2-15-8-7-11-10-5-3-4-6-12(10)14-13(11)9-15;/h3-6,14H,2,7-9H2,1H3;1H. The number of likely N-dealkylation sites (N-methyl/N-ethyl adjacent to an activating group) is 1. The van der Waals surface area contributed by atoms with Crippen molar-refractivity contribution in [2.75, 3.05) is 13.1 Å². The monoisotopic (exact) mass is 202 g/mol. The summed E-state index contributed by atoms with van der Waals surface area (Å²) in [5, 5.41) is 1.42. The van der Waals surface area contributed by atoms with E-state index in [1.54, 1.807) is 0 Å². The number of hydrogen-bond donors (Lipinski definition) is 1. The topological polar surface area (TPSA) is 19.0 Å².